The molecule has 1 amide bonds. The first-order chi connectivity index (χ1) is 8.34. The largest absolute Gasteiger partial charge is 0.477 e. The predicted octanol–water partition coefficient (Wildman–Crippen LogP) is 3.71. The number of hydrogen-bond acceptors (Lipinski definition) is 2. The maximum atomic E-state index is 11.6. The number of carboxylic acids is 1. The van der Waals surface area contributed by atoms with Crippen LogP contribution in [0.2, 0.25) is 10.0 Å². The average molecular weight is 329 g/mol. The van der Waals surface area contributed by atoms with Crippen molar-refractivity contribution >= 4 is 64.0 Å². The zero-order valence-corrected chi connectivity index (χ0v) is 11.5. The number of nitrogens with one attached hydrogen (secondary N) is 1. The van der Waals surface area contributed by atoms with Crippen LogP contribution in [0.3, 0.4) is 0 Å². The normalized spacial score (nSPS) is 11.8. The van der Waals surface area contributed by atoms with Crippen LogP contribution in [-0.4, -0.2) is 17.0 Å². The Morgan fingerprint density at radius 3 is 2.00 bits per heavy atom. The second-order valence-electron chi connectivity index (χ2n) is 2.98. The van der Waals surface area contributed by atoms with Gasteiger partial charge in [-0.25, -0.2) is 4.79 Å². The molecule has 0 aliphatic carbocycles. The fourth-order valence-corrected chi connectivity index (χ4v) is 1.69. The van der Waals surface area contributed by atoms with Crippen molar-refractivity contribution in [3.8, 4) is 0 Å². The van der Waals surface area contributed by atoms with Crippen LogP contribution in [0.5, 0.6) is 0 Å². The molecule has 1 rings (SSSR count). The van der Waals surface area contributed by atoms with Crippen molar-refractivity contribution in [2.75, 3.05) is 5.32 Å². The predicted molar refractivity (Wildman–Crippen MR) is 71.5 cm³/mol. The number of amides is 1. The van der Waals surface area contributed by atoms with Gasteiger partial charge in [0.1, 0.15) is 10.1 Å². The minimum absolute atomic E-state index is 0.124. The highest BCUT2D eigenvalue weighted by molar-refractivity contribution is 6.54. The van der Waals surface area contributed by atoms with Crippen LogP contribution in [0.4, 0.5) is 5.69 Å². The summed E-state index contributed by atoms with van der Waals surface area (Å²) in [5.41, 5.74) is 0.124. The molecule has 0 saturated carbocycles. The molecule has 1 aromatic rings. The molecule has 8 heteroatoms. The van der Waals surface area contributed by atoms with Gasteiger partial charge in [-0.1, -0.05) is 52.5 Å². The van der Waals surface area contributed by atoms with Gasteiger partial charge in [0, 0.05) is 0 Å². The summed E-state index contributed by atoms with van der Waals surface area (Å²) < 4.78 is 0. The summed E-state index contributed by atoms with van der Waals surface area (Å²) in [6.07, 6.45) is 0. The fourth-order valence-electron chi connectivity index (χ4n) is 0.979. The van der Waals surface area contributed by atoms with Crippen LogP contribution < -0.4 is 5.32 Å². The lowest BCUT2D eigenvalue weighted by molar-refractivity contribution is -0.132. The Morgan fingerprint density at radius 1 is 1.06 bits per heavy atom. The van der Waals surface area contributed by atoms with Crippen LogP contribution in [0.15, 0.2) is 28.3 Å². The van der Waals surface area contributed by atoms with Crippen molar-refractivity contribution in [1.29, 1.82) is 0 Å². The van der Waals surface area contributed by atoms with Crippen LogP contribution in [0.25, 0.3) is 0 Å². The van der Waals surface area contributed by atoms with Gasteiger partial charge in [-0.2, -0.15) is 0 Å². The topological polar surface area (TPSA) is 66.4 Å². The molecule has 0 aromatic heterocycles. The Labute approximate surface area is 122 Å². The number of halogens is 4. The van der Waals surface area contributed by atoms with Gasteiger partial charge in [0.15, 0.2) is 0 Å². The van der Waals surface area contributed by atoms with Crippen molar-refractivity contribution in [2.24, 2.45) is 0 Å². The van der Waals surface area contributed by atoms with Crippen molar-refractivity contribution < 1.29 is 14.7 Å². The molecule has 0 radical (unpaired) electrons. The maximum absolute atomic E-state index is 11.6. The van der Waals surface area contributed by atoms with Gasteiger partial charge in [-0.15, -0.1) is 0 Å². The number of benzene rings is 1. The number of rotatable bonds is 3. The molecule has 18 heavy (non-hydrogen) atoms. The number of anilines is 1. The number of carbonyl (C=O) groups excluding carboxylic acids is 1. The smallest absolute Gasteiger partial charge is 0.349 e. The number of aliphatic carboxylic acids is 1. The number of carbonyl (C=O) groups is 2. The summed E-state index contributed by atoms with van der Waals surface area (Å²) in [4.78, 5) is 22.1. The first-order valence-electron chi connectivity index (χ1n) is 4.38. The van der Waals surface area contributed by atoms with E-state index in [0.717, 1.165) is 0 Å². The molecular formula is C10H5Cl4NO3. The van der Waals surface area contributed by atoms with Gasteiger partial charge in [0.25, 0.3) is 5.91 Å². The Kier molecular flexibility index (Phi) is 5.28. The lowest BCUT2D eigenvalue weighted by Gasteiger charge is -2.08. The van der Waals surface area contributed by atoms with E-state index in [-0.39, 0.29) is 15.7 Å². The Balaban J connectivity index is 3.03. The van der Waals surface area contributed by atoms with E-state index < -0.39 is 21.9 Å². The van der Waals surface area contributed by atoms with Gasteiger partial charge < -0.3 is 10.4 Å². The third kappa shape index (κ3) is 3.53. The molecule has 0 atom stereocenters. The molecule has 0 bridgehead atoms. The molecule has 4 nitrogen and oxygen atoms in total. The quantitative estimate of drug-likeness (QED) is 0.831. The van der Waals surface area contributed by atoms with E-state index in [1.165, 1.54) is 12.1 Å². The van der Waals surface area contributed by atoms with Crippen molar-refractivity contribution in [3.63, 3.8) is 0 Å². The van der Waals surface area contributed by atoms with Crippen LogP contribution in [0, 0.1) is 0 Å². The summed E-state index contributed by atoms with van der Waals surface area (Å²) in [5.74, 6) is -2.43. The van der Waals surface area contributed by atoms with E-state index in [0.29, 0.717) is 0 Å². The van der Waals surface area contributed by atoms with Gasteiger partial charge in [0.05, 0.1) is 15.7 Å². The van der Waals surface area contributed by atoms with Crippen molar-refractivity contribution in [3.05, 3.63) is 38.3 Å². The molecule has 0 fully saturated rings. The summed E-state index contributed by atoms with van der Waals surface area (Å²) in [6, 6.07) is 4.58. The Bertz CT molecular complexity index is 522. The van der Waals surface area contributed by atoms with Gasteiger partial charge in [-0.3, -0.25) is 4.79 Å². The summed E-state index contributed by atoms with van der Waals surface area (Å²) in [6.45, 7) is 0. The molecule has 2 N–H and O–H groups in total. The SMILES string of the molecule is O=C(O)/C(Cl)=C(\Cl)C(=O)Nc1c(Cl)cccc1Cl. The zero-order chi connectivity index (χ0) is 13.9. The van der Waals surface area contributed by atoms with E-state index in [1.807, 2.05) is 0 Å². The molecule has 1 aromatic carbocycles. The van der Waals surface area contributed by atoms with E-state index in [2.05, 4.69) is 5.32 Å². The Morgan fingerprint density at radius 2 is 1.56 bits per heavy atom. The Hall–Kier alpha value is -0.940. The van der Waals surface area contributed by atoms with Crippen LogP contribution in [-0.2, 0) is 9.59 Å². The molecular weight excluding hydrogens is 324 g/mol. The highest BCUT2D eigenvalue weighted by Crippen LogP contribution is 2.30. The third-order valence-electron chi connectivity index (χ3n) is 1.78. The molecule has 0 unspecified atom stereocenters. The highest BCUT2D eigenvalue weighted by atomic mass is 35.5. The standard InChI is InChI=1S/C10H5Cl4NO3/c11-4-2-1-3-5(12)8(4)15-9(16)6(13)7(14)10(17)18/h1-3H,(H,15,16)(H,17,18)/b7-6+. The first kappa shape index (κ1) is 15.1. The van der Waals surface area contributed by atoms with E-state index in [1.54, 1.807) is 6.07 Å². The summed E-state index contributed by atoms with van der Waals surface area (Å²) >= 11 is 22.5. The summed E-state index contributed by atoms with van der Waals surface area (Å²) in [5, 5.41) is 9.76. The highest BCUT2D eigenvalue weighted by Gasteiger charge is 2.18. The van der Waals surface area contributed by atoms with Gasteiger partial charge in [-0.05, 0) is 12.1 Å². The molecule has 0 aliphatic rings. The van der Waals surface area contributed by atoms with Gasteiger partial charge in [0.2, 0.25) is 0 Å². The first-order valence-corrected chi connectivity index (χ1v) is 5.89. The van der Waals surface area contributed by atoms with Crippen molar-refractivity contribution in [1.82, 2.24) is 0 Å². The number of para-hydroxylation sites is 1. The second kappa shape index (κ2) is 6.29. The minimum Gasteiger partial charge on any atom is -0.477 e. The zero-order valence-electron chi connectivity index (χ0n) is 8.51. The van der Waals surface area contributed by atoms with E-state index >= 15 is 0 Å². The molecule has 0 heterocycles. The maximum Gasteiger partial charge on any atom is 0.349 e. The number of carboxylic acid groups (broad SMARTS) is 1. The monoisotopic (exact) mass is 327 g/mol. The average Bonchev–Trinajstić information content (AvgIpc) is 2.31. The number of hydrogen-bond donors (Lipinski definition) is 2. The second-order valence-corrected chi connectivity index (χ2v) is 4.55. The van der Waals surface area contributed by atoms with Gasteiger partial charge >= 0.3 is 5.97 Å². The van der Waals surface area contributed by atoms with E-state index in [9.17, 15) is 9.59 Å². The van der Waals surface area contributed by atoms with E-state index in [4.69, 9.17) is 51.5 Å². The molecule has 0 aliphatic heterocycles. The summed E-state index contributed by atoms with van der Waals surface area (Å²) in [7, 11) is 0. The molecule has 0 saturated heterocycles. The van der Waals surface area contributed by atoms with Crippen molar-refractivity contribution in [2.45, 2.75) is 0 Å². The molecule has 96 valence electrons. The van der Waals surface area contributed by atoms with Crippen LogP contribution >= 0.6 is 46.4 Å². The third-order valence-corrected chi connectivity index (χ3v) is 3.22. The lowest BCUT2D eigenvalue weighted by Crippen LogP contribution is -2.15. The molecule has 0 spiro atoms. The lowest BCUT2D eigenvalue weighted by atomic mass is 10.3. The minimum atomic E-state index is -1.51. The van der Waals surface area contributed by atoms with Crippen LogP contribution in [0.1, 0.15) is 0 Å². The fraction of sp³-hybridized carbons (Fsp3) is 0.